The number of nitrogens with zero attached hydrogens (tertiary/aromatic N) is 4. The van der Waals surface area contributed by atoms with Crippen LogP contribution in [0.1, 0.15) is 11.4 Å². The van der Waals surface area contributed by atoms with Crippen LogP contribution in [0.25, 0.3) is 10.9 Å². The maximum absolute atomic E-state index is 5.50. The van der Waals surface area contributed by atoms with Gasteiger partial charge in [0.25, 0.3) is 0 Å². The molecule has 0 unspecified atom stereocenters. The Kier molecular flexibility index (Phi) is 3.20. The summed E-state index contributed by atoms with van der Waals surface area (Å²) in [7, 11) is 0. The van der Waals surface area contributed by atoms with Crippen molar-refractivity contribution < 1.29 is 0 Å². The van der Waals surface area contributed by atoms with Gasteiger partial charge in [-0.05, 0) is 18.7 Å². The van der Waals surface area contributed by atoms with Crippen LogP contribution in [0.15, 0.2) is 42.6 Å². The summed E-state index contributed by atoms with van der Waals surface area (Å²) in [6.07, 6.45) is 2.68. The van der Waals surface area contributed by atoms with Crippen molar-refractivity contribution in [3.8, 4) is 0 Å². The molecule has 2 aromatic heterocycles. The van der Waals surface area contributed by atoms with E-state index in [2.05, 4.69) is 27.4 Å². The number of nitrogens with two attached hydrogens (primary N) is 1. The maximum atomic E-state index is 5.50. The molecule has 0 spiro atoms. The van der Waals surface area contributed by atoms with E-state index < -0.39 is 0 Å². The number of hydrogen-bond acceptors (Lipinski definition) is 4. The number of pyridine rings is 1. The summed E-state index contributed by atoms with van der Waals surface area (Å²) >= 11 is 0. The third-order valence-corrected chi connectivity index (χ3v) is 2.97. The molecule has 0 saturated heterocycles. The molecule has 3 aromatic rings. The molecule has 0 aliphatic heterocycles. The first kappa shape index (κ1) is 11.8. The lowest BCUT2D eigenvalue weighted by Gasteiger charge is -2.02. The Labute approximate surface area is 111 Å². The van der Waals surface area contributed by atoms with Gasteiger partial charge in [-0.1, -0.05) is 29.5 Å². The standard InChI is InChI=1S/C14H15N5/c15-8-7-13-10-19(18-17-13)9-12-6-5-11-3-1-2-4-14(11)16-12/h1-6,10H,7-9,15H2. The van der Waals surface area contributed by atoms with Crippen LogP contribution >= 0.6 is 0 Å². The second kappa shape index (κ2) is 5.16. The summed E-state index contributed by atoms with van der Waals surface area (Å²) in [5.41, 5.74) is 8.39. The van der Waals surface area contributed by atoms with E-state index in [1.807, 2.05) is 30.5 Å². The lowest BCUT2D eigenvalue weighted by Crippen LogP contribution is -2.03. The summed E-state index contributed by atoms with van der Waals surface area (Å²) in [5, 5.41) is 9.30. The van der Waals surface area contributed by atoms with E-state index in [-0.39, 0.29) is 0 Å². The average Bonchev–Trinajstić information content (AvgIpc) is 2.86. The fourth-order valence-corrected chi connectivity index (χ4v) is 2.04. The van der Waals surface area contributed by atoms with Gasteiger partial charge in [0.1, 0.15) is 0 Å². The van der Waals surface area contributed by atoms with Gasteiger partial charge < -0.3 is 5.73 Å². The predicted molar refractivity (Wildman–Crippen MR) is 73.6 cm³/mol. The van der Waals surface area contributed by atoms with Gasteiger partial charge >= 0.3 is 0 Å². The van der Waals surface area contributed by atoms with Crippen LogP contribution in [0.4, 0.5) is 0 Å². The smallest absolute Gasteiger partial charge is 0.0849 e. The number of para-hydroxylation sites is 1. The number of fused-ring (bicyclic) bond motifs is 1. The topological polar surface area (TPSA) is 69.6 Å². The first-order valence-corrected chi connectivity index (χ1v) is 6.29. The Bertz CT molecular complexity index is 689. The van der Waals surface area contributed by atoms with Crippen LogP contribution in [0.5, 0.6) is 0 Å². The lowest BCUT2D eigenvalue weighted by atomic mass is 10.2. The fourth-order valence-electron chi connectivity index (χ4n) is 2.04. The summed E-state index contributed by atoms with van der Waals surface area (Å²) in [6.45, 7) is 1.22. The molecule has 0 amide bonds. The van der Waals surface area contributed by atoms with Crippen LogP contribution in [-0.2, 0) is 13.0 Å². The molecule has 19 heavy (non-hydrogen) atoms. The number of hydrogen-bond donors (Lipinski definition) is 1. The van der Waals surface area contributed by atoms with Crippen LogP contribution in [0.3, 0.4) is 0 Å². The molecule has 5 nitrogen and oxygen atoms in total. The highest BCUT2D eigenvalue weighted by Gasteiger charge is 2.02. The third-order valence-electron chi connectivity index (χ3n) is 2.97. The molecule has 5 heteroatoms. The summed E-state index contributed by atoms with van der Waals surface area (Å²) in [4.78, 5) is 4.61. The van der Waals surface area contributed by atoms with Gasteiger partial charge in [0.2, 0.25) is 0 Å². The van der Waals surface area contributed by atoms with Gasteiger partial charge in [-0.3, -0.25) is 4.98 Å². The lowest BCUT2D eigenvalue weighted by molar-refractivity contribution is 0.640. The van der Waals surface area contributed by atoms with Crippen molar-refractivity contribution in [2.45, 2.75) is 13.0 Å². The predicted octanol–water partition coefficient (Wildman–Crippen LogP) is 1.38. The highest BCUT2D eigenvalue weighted by molar-refractivity contribution is 5.78. The van der Waals surface area contributed by atoms with Crippen LogP contribution in [0.2, 0.25) is 0 Å². The molecule has 0 saturated carbocycles. The monoisotopic (exact) mass is 253 g/mol. The molecule has 0 atom stereocenters. The minimum Gasteiger partial charge on any atom is -0.330 e. The van der Waals surface area contributed by atoms with E-state index >= 15 is 0 Å². The SMILES string of the molecule is NCCc1cn(Cc2ccc3ccccc3n2)nn1. The van der Waals surface area contributed by atoms with Gasteiger partial charge in [-0.15, -0.1) is 5.10 Å². The van der Waals surface area contributed by atoms with Gasteiger partial charge in [0.15, 0.2) is 0 Å². The molecule has 1 aromatic carbocycles. The van der Waals surface area contributed by atoms with Crippen molar-refractivity contribution in [3.63, 3.8) is 0 Å². The first-order chi connectivity index (χ1) is 9.35. The van der Waals surface area contributed by atoms with Gasteiger partial charge in [0.05, 0.1) is 23.4 Å². The van der Waals surface area contributed by atoms with E-state index in [1.165, 1.54) is 0 Å². The molecule has 0 aliphatic rings. The molecule has 0 aliphatic carbocycles. The molecule has 0 bridgehead atoms. The summed E-state index contributed by atoms with van der Waals surface area (Å²) < 4.78 is 1.79. The Balaban J connectivity index is 1.83. The average molecular weight is 253 g/mol. The number of aromatic nitrogens is 4. The quantitative estimate of drug-likeness (QED) is 0.762. The van der Waals surface area contributed by atoms with Crippen molar-refractivity contribution in [2.24, 2.45) is 5.73 Å². The van der Waals surface area contributed by atoms with Gasteiger partial charge in [-0.25, -0.2) is 4.68 Å². The van der Waals surface area contributed by atoms with Crippen LogP contribution in [-0.4, -0.2) is 26.5 Å². The summed E-state index contributed by atoms with van der Waals surface area (Å²) in [6, 6.07) is 12.2. The second-order valence-electron chi connectivity index (χ2n) is 4.44. The molecule has 3 rings (SSSR count). The maximum Gasteiger partial charge on any atom is 0.0849 e. The van der Waals surface area contributed by atoms with Crippen molar-refractivity contribution in [2.75, 3.05) is 6.54 Å². The second-order valence-corrected chi connectivity index (χ2v) is 4.44. The van der Waals surface area contributed by atoms with Crippen molar-refractivity contribution in [1.29, 1.82) is 0 Å². The third kappa shape index (κ3) is 2.61. The zero-order valence-corrected chi connectivity index (χ0v) is 10.5. The Morgan fingerprint density at radius 3 is 2.84 bits per heavy atom. The Morgan fingerprint density at radius 1 is 1.05 bits per heavy atom. The van der Waals surface area contributed by atoms with E-state index in [9.17, 15) is 0 Å². The minimum absolute atomic E-state index is 0.590. The molecule has 0 fully saturated rings. The number of benzene rings is 1. The number of rotatable bonds is 4. The fraction of sp³-hybridized carbons (Fsp3) is 0.214. The zero-order valence-electron chi connectivity index (χ0n) is 10.5. The van der Waals surface area contributed by atoms with Crippen LogP contribution < -0.4 is 5.73 Å². The highest BCUT2D eigenvalue weighted by Crippen LogP contribution is 2.12. The largest absolute Gasteiger partial charge is 0.330 e. The first-order valence-electron chi connectivity index (χ1n) is 6.29. The molecule has 0 radical (unpaired) electrons. The van der Waals surface area contributed by atoms with E-state index in [4.69, 9.17) is 5.73 Å². The van der Waals surface area contributed by atoms with Crippen molar-refractivity contribution in [3.05, 3.63) is 54.0 Å². The van der Waals surface area contributed by atoms with E-state index in [1.54, 1.807) is 4.68 Å². The Hall–Kier alpha value is -2.27. The molecule has 96 valence electrons. The highest BCUT2D eigenvalue weighted by atomic mass is 15.4. The Morgan fingerprint density at radius 2 is 1.95 bits per heavy atom. The van der Waals surface area contributed by atoms with E-state index in [0.717, 1.165) is 28.7 Å². The minimum atomic E-state index is 0.590. The van der Waals surface area contributed by atoms with Crippen LogP contribution in [0, 0.1) is 0 Å². The molecule has 2 N–H and O–H groups in total. The molecule has 2 heterocycles. The van der Waals surface area contributed by atoms with Gasteiger partial charge in [-0.2, -0.15) is 0 Å². The molecular weight excluding hydrogens is 238 g/mol. The van der Waals surface area contributed by atoms with E-state index in [0.29, 0.717) is 13.1 Å². The van der Waals surface area contributed by atoms with Crippen molar-refractivity contribution in [1.82, 2.24) is 20.0 Å². The summed E-state index contributed by atoms with van der Waals surface area (Å²) in [5.74, 6) is 0. The normalized spacial score (nSPS) is 11.0. The van der Waals surface area contributed by atoms with Gasteiger partial charge in [0, 0.05) is 18.0 Å². The molecular formula is C14H15N5. The van der Waals surface area contributed by atoms with Crippen molar-refractivity contribution >= 4 is 10.9 Å². The zero-order chi connectivity index (χ0) is 13.1.